The number of aromatic nitrogens is 1. The number of halogens is 2. The summed E-state index contributed by atoms with van der Waals surface area (Å²) in [5.74, 6) is -6.06. The van der Waals surface area contributed by atoms with Gasteiger partial charge in [0, 0.05) is 35.4 Å². The first-order chi connectivity index (χ1) is 26.6. The minimum atomic E-state index is -2.63. The predicted molar refractivity (Wildman–Crippen MR) is 215 cm³/mol. The van der Waals surface area contributed by atoms with Gasteiger partial charge in [0.25, 0.3) is 0 Å². The average molecular weight is 856 g/mol. The molecule has 1 amide bonds. The van der Waals surface area contributed by atoms with Crippen molar-refractivity contribution in [1.82, 2.24) is 15.2 Å². The topological polar surface area (TPSA) is 163 Å². The molecule has 0 bridgehead atoms. The van der Waals surface area contributed by atoms with E-state index in [-0.39, 0.29) is 25.2 Å². The van der Waals surface area contributed by atoms with Crippen molar-refractivity contribution in [2.75, 3.05) is 20.7 Å². The molecule has 13 atom stereocenters. The number of rotatable bonds is 9. The molecule has 2 aromatic heterocycles. The number of ether oxygens (including phenoxy) is 5. The molecule has 17 heteroatoms. The van der Waals surface area contributed by atoms with Crippen molar-refractivity contribution in [2.24, 2.45) is 17.8 Å². The van der Waals surface area contributed by atoms with Crippen LogP contribution in [0.15, 0.2) is 24.4 Å². The third-order valence-corrected chi connectivity index (χ3v) is 13.9. The molecule has 0 aliphatic carbocycles. The Labute approximate surface area is 346 Å². The van der Waals surface area contributed by atoms with Crippen LogP contribution >= 0.6 is 34.3 Å². The standard InChI is InChI=1S/C40H55ClFN3O10S2/c1-11-27-40(8)31(44-37(50)55-40)23(5)32(48)38(6,42)19-39(7,51-16-12-13-24-18-43-34(56-24)26-14-15-28(41)57-26)33(21(3)29(46)22(4)35(49)53-27)54-36-30(47)25(45(9)10)17-20(2)52-36/h12-15,18,20-23,25,27,30-31,33,36,47H,11,16-17,19H2,1-10H3,(H,44,50)/b13-12+/t20-,21+,22-,23-,25+,27-,30-,31+,33-,36+,38+,39-,40-/m1/s1. The maximum Gasteiger partial charge on any atom is 0.408 e. The largest absolute Gasteiger partial charge is 0.458 e. The molecule has 2 aromatic rings. The van der Waals surface area contributed by atoms with Crippen LogP contribution in [0.4, 0.5) is 9.18 Å². The van der Waals surface area contributed by atoms with E-state index in [9.17, 15) is 24.3 Å². The molecule has 5 rings (SSSR count). The molecule has 0 unspecified atom stereocenters. The number of aliphatic hydroxyl groups excluding tert-OH is 1. The number of ketones is 2. The van der Waals surface area contributed by atoms with Crippen molar-refractivity contribution in [2.45, 2.75) is 134 Å². The number of carbonyl (C=O) groups is 4. The van der Waals surface area contributed by atoms with Crippen LogP contribution in [0, 0.1) is 17.8 Å². The maximum atomic E-state index is 17.5. The third-order valence-electron chi connectivity index (χ3n) is 11.5. The molecular formula is C40H55ClFN3O10S2. The fourth-order valence-electron chi connectivity index (χ4n) is 8.46. The Bertz CT molecular complexity index is 1820. The molecule has 3 aliphatic heterocycles. The highest BCUT2D eigenvalue weighted by atomic mass is 35.5. The van der Waals surface area contributed by atoms with Gasteiger partial charge in [0.1, 0.15) is 23.1 Å². The SMILES string of the molecule is CC[C@H]1OC(=O)[C@H](C)C(=O)[C@H](C)[C@@H](O[C@@H]2O[C@H](C)C[C@H](N(C)C)[C@H]2O)[C@](C)(OC/C=C/c2cnc(-c3ccc(Cl)s3)s2)C[C@](C)(F)C(=O)[C@H](C)[C@@H]2NC(=O)O[C@]12C. The van der Waals surface area contributed by atoms with Gasteiger partial charge in [-0.2, -0.15) is 0 Å². The number of aliphatic hydroxyl groups is 1. The number of nitrogens with one attached hydrogen (secondary N) is 1. The predicted octanol–water partition coefficient (Wildman–Crippen LogP) is 6.49. The van der Waals surface area contributed by atoms with Gasteiger partial charge in [-0.25, -0.2) is 14.2 Å². The second-order valence-corrected chi connectivity index (χ2v) is 19.1. The van der Waals surface area contributed by atoms with E-state index in [1.54, 1.807) is 38.3 Å². The molecule has 0 radical (unpaired) electrons. The summed E-state index contributed by atoms with van der Waals surface area (Å²) in [5.41, 5.74) is -5.98. The number of fused-ring (bicyclic) bond motifs is 1. The Balaban J connectivity index is 1.57. The van der Waals surface area contributed by atoms with E-state index in [4.69, 9.17) is 35.3 Å². The Hall–Kier alpha value is -2.83. The molecular weight excluding hydrogens is 801 g/mol. The third kappa shape index (κ3) is 9.64. The fourth-order valence-corrected chi connectivity index (χ4v) is 10.4. The molecule has 316 valence electrons. The van der Waals surface area contributed by atoms with E-state index in [2.05, 4.69) is 10.3 Å². The van der Waals surface area contributed by atoms with Crippen LogP contribution in [-0.2, 0) is 38.1 Å². The fraction of sp³-hybridized carbons (Fsp3) is 0.675. The minimum Gasteiger partial charge on any atom is -0.458 e. The number of likely N-dealkylation sites (N-methyl/N-ethyl adjacent to an activating group) is 1. The minimum absolute atomic E-state index is 0.125. The maximum absolute atomic E-state index is 17.5. The highest BCUT2D eigenvalue weighted by Gasteiger charge is 2.59. The number of thiophene rings is 1. The van der Waals surface area contributed by atoms with E-state index >= 15 is 4.39 Å². The van der Waals surface area contributed by atoms with E-state index in [1.165, 1.54) is 50.4 Å². The summed E-state index contributed by atoms with van der Waals surface area (Å²) in [7, 11) is 3.64. The van der Waals surface area contributed by atoms with E-state index in [0.717, 1.165) is 21.7 Å². The quantitative estimate of drug-likeness (QED) is 0.209. The number of thiazole rings is 1. The summed E-state index contributed by atoms with van der Waals surface area (Å²) in [6.45, 7) is 12.1. The van der Waals surface area contributed by atoms with Crippen molar-refractivity contribution in [1.29, 1.82) is 0 Å². The summed E-state index contributed by atoms with van der Waals surface area (Å²) in [5, 5.41) is 15.0. The number of carbonyl (C=O) groups excluding carboxylic acids is 4. The number of nitrogens with zero attached hydrogens (tertiary/aromatic N) is 2. The van der Waals surface area contributed by atoms with Gasteiger partial charge >= 0.3 is 12.1 Å². The second kappa shape index (κ2) is 17.8. The zero-order valence-corrected chi connectivity index (χ0v) is 36.5. The van der Waals surface area contributed by atoms with Crippen molar-refractivity contribution in [3.05, 3.63) is 33.6 Å². The number of amides is 1. The molecule has 5 heterocycles. The van der Waals surface area contributed by atoms with E-state index in [0.29, 0.717) is 10.8 Å². The van der Waals surface area contributed by atoms with E-state index < -0.39 is 95.3 Å². The highest BCUT2D eigenvalue weighted by Crippen LogP contribution is 2.43. The van der Waals surface area contributed by atoms with Gasteiger partial charge in [0.2, 0.25) is 0 Å². The monoisotopic (exact) mass is 855 g/mol. The van der Waals surface area contributed by atoms with Crippen LogP contribution in [0.3, 0.4) is 0 Å². The lowest BCUT2D eigenvalue weighted by atomic mass is 9.72. The smallest absolute Gasteiger partial charge is 0.408 e. The Morgan fingerprint density at radius 1 is 1.11 bits per heavy atom. The number of esters is 1. The summed E-state index contributed by atoms with van der Waals surface area (Å²) < 4.78 is 49.0. The van der Waals surface area contributed by atoms with Crippen LogP contribution < -0.4 is 5.32 Å². The summed E-state index contributed by atoms with van der Waals surface area (Å²) in [4.78, 5) is 63.4. The number of hydrogen-bond acceptors (Lipinski definition) is 14. The molecule has 0 aromatic carbocycles. The average Bonchev–Trinajstić information content (AvgIpc) is 3.88. The molecule has 3 saturated heterocycles. The molecule has 3 fully saturated rings. The van der Waals surface area contributed by atoms with Crippen LogP contribution in [0.25, 0.3) is 16.0 Å². The van der Waals surface area contributed by atoms with Crippen molar-refractivity contribution in [3.8, 4) is 9.88 Å². The van der Waals surface area contributed by atoms with Crippen molar-refractivity contribution in [3.63, 3.8) is 0 Å². The number of hydrogen-bond donors (Lipinski definition) is 2. The molecule has 13 nitrogen and oxygen atoms in total. The molecule has 0 saturated carbocycles. The summed E-state index contributed by atoms with van der Waals surface area (Å²) in [6, 6.07) is 2.21. The van der Waals surface area contributed by atoms with Gasteiger partial charge in [-0.3, -0.25) is 14.4 Å². The number of Topliss-reactive ketones (excluding diaryl/α,β-unsaturated/α-hetero) is 2. The zero-order chi connectivity index (χ0) is 42.2. The number of alkyl halides is 1. The Morgan fingerprint density at radius 3 is 2.44 bits per heavy atom. The zero-order valence-electron chi connectivity index (χ0n) is 34.1. The first kappa shape index (κ1) is 45.3. The van der Waals surface area contributed by atoms with Crippen molar-refractivity contribution >= 4 is 64.0 Å². The molecule has 2 N–H and O–H groups in total. The molecule has 0 spiro atoms. The number of alkyl carbamates (subject to hydrolysis) is 1. The first-order valence-corrected chi connectivity index (χ1v) is 21.3. The van der Waals surface area contributed by atoms with Gasteiger partial charge in [0.15, 0.2) is 29.1 Å². The summed E-state index contributed by atoms with van der Waals surface area (Å²) >= 11 is 8.97. The lowest BCUT2D eigenvalue weighted by Crippen LogP contribution is -2.62. The van der Waals surface area contributed by atoms with Crippen LogP contribution in [0.2, 0.25) is 4.34 Å². The Kier molecular flexibility index (Phi) is 14.1. The van der Waals surface area contributed by atoms with Crippen molar-refractivity contribution < 1.29 is 52.4 Å². The first-order valence-electron chi connectivity index (χ1n) is 19.3. The molecule has 3 aliphatic rings. The Morgan fingerprint density at radius 2 is 1.81 bits per heavy atom. The van der Waals surface area contributed by atoms with Crippen LogP contribution in [0.1, 0.15) is 79.5 Å². The molecule has 57 heavy (non-hydrogen) atoms. The second-order valence-electron chi connectivity index (χ2n) is 16.3. The van der Waals surface area contributed by atoms with E-state index in [1.807, 2.05) is 32.0 Å². The van der Waals surface area contributed by atoms with Crippen LogP contribution in [0.5, 0.6) is 0 Å². The lowest BCUT2D eigenvalue weighted by Gasteiger charge is -2.48. The number of cyclic esters (lactones) is 1. The van der Waals surface area contributed by atoms with Gasteiger partial charge < -0.3 is 39.0 Å². The normalized spacial score (nSPS) is 38.5. The van der Waals surface area contributed by atoms with Gasteiger partial charge in [-0.05, 0) is 79.8 Å². The van der Waals surface area contributed by atoms with Crippen LogP contribution in [-0.4, -0.2) is 119 Å². The van der Waals surface area contributed by atoms with Gasteiger partial charge in [-0.15, -0.1) is 22.7 Å². The lowest BCUT2D eigenvalue weighted by molar-refractivity contribution is -0.297. The van der Waals surface area contributed by atoms with Gasteiger partial charge in [-0.1, -0.05) is 38.4 Å². The highest BCUT2D eigenvalue weighted by molar-refractivity contribution is 7.24. The summed E-state index contributed by atoms with van der Waals surface area (Å²) in [6.07, 6.45) is -0.927. The van der Waals surface area contributed by atoms with Gasteiger partial charge in [0.05, 0.1) is 39.7 Å².